The molecule has 1 rings (SSSR count). The van der Waals surface area contributed by atoms with Crippen LogP contribution in [0.1, 0.15) is 12.5 Å². The van der Waals surface area contributed by atoms with Crippen LogP contribution in [-0.2, 0) is 6.42 Å². The molecule has 0 bridgehead atoms. The number of hydrogen-bond donors (Lipinski definition) is 1. The standard InChI is InChI=1S/C9H10O2/c1-2-7-5-3-4-6-8(10)9(7)11/h3-6H,2H2,1H3,(H,10,11). The quantitative estimate of drug-likeness (QED) is 0.655. The number of rotatable bonds is 1. The van der Waals surface area contributed by atoms with Crippen LogP contribution in [0.5, 0.6) is 5.75 Å². The molecule has 0 fully saturated rings. The number of aryl methyl sites for hydroxylation is 1. The Hall–Kier alpha value is -1.31. The minimum atomic E-state index is -0.313. The highest BCUT2D eigenvalue weighted by atomic mass is 16.3. The second kappa shape index (κ2) is 3.19. The van der Waals surface area contributed by atoms with Gasteiger partial charge in [-0.15, -0.1) is 0 Å². The van der Waals surface area contributed by atoms with Crippen molar-refractivity contribution in [3.63, 3.8) is 0 Å². The molecule has 1 aromatic carbocycles. The lowest BCUT2D eigenvalue weighted by molar-refractivity contribution is 0.464. The third-order valence-corrected chi connectivity index (χ3v) is 1.57. The van der Waals surface area contributed by atoms with E-state index in [0.717, 1.165) is 0 Å². The van der Waals surface area contributed by atoms with E-state index in [1.165, 1.54) is 6.07 Å². The summed E-state index contributed by atoms with van der Waals surface area (Å²) in [5.41, 5.74) is 0.381. The van der Waals surface area contributed by atoms with Gasteiger partial charge in [0.1, 0.15) is 0 Å². The van der Waals surface area contributed by atoms with Crippen LogP contribution in [0.4, 0.5) is 0 Å². The van der Waals surface area contributed by atoms with Gasteiger partial charge in [-0.1, -0.05) is 25.1 Å². The maximum Gasteiger partial charge on any atom is 0.220 e. The minimum absolute atomic E-state index is 0.127. The second-order valence-corrected chi connectivity index (χ2v) is 2.31. The van der Waals surface area contributed by atoms with Crippen molar-refractivity contribution < 1.29 is 5.11 Å². The van der Waals surface area contributed by atoms with Gasteiger partial charge >= 0.3 is 0 Å². The van der Waals surface area contributed by atoms with Gasteiger partial charge in [-0.25, -0.2) is 0 Å². The van der Waals surface area contributed by atoms with Crippen molar-refractivity contribution in [2.24, 2.45) is 0 Å². The normalized spacial score (nSPS) is 9.55. The van der Waals surface area contributed by atoms with Crippen LogP contribution in [0.2, 0.25) is 0 Å². The molecule has 0 aliphatic rings. The highest BCUT2D eigenvalue weighted by molar-refractivity contribution is 5.30. The Morgan fingerprint density at radius 3 is 2.64 bits per heavy atom. The molecule has 0 aliphatic carbocycles. The molecular formula is C9H10O2. The summed E-state index contributed by atoms with van der Waals surface area (Å²) in [5.74, 6) is -0.127. The van der Waals surface area contributed by atoms with E-state index in [4.69, 9.17) is 0 Å². The molecule has 0 amide bonds. The van der Waals surface area contributed by atoms with Crippen molar-refractivity contribution in [1.82, 2.24) is 0 Å². The summed E-state index contributed by atoms with van der Waals surface area (Å²) in [4.78, 5) is 10.9. The lowest BCUT2D eigenvalue weighted by Gasteiger charge is -1.91. The Balaban J connectivity index is 3.42. The van der Waals surface area contributed by atoms with Gasteiger partial charge in [0.25, 0.3) is 0 Å². The van der Waals surface area contributed by atoms with Gasteiger partial charge in [0.15, 0.2) is 5.75 Å². The van der Waals surface area contributed by atoms with Crippen molar-refractivity contribution in [1.29, 1.82) is 0 Å². The van der Waals surface area contributed by atoms with Gasteiger partial charge in [-0.3, -0.25) is 4.79 Å². The van der Waals surface area contributed by atoms with Gasteiger partial charge in [0.05, 0.1) is 0 Å². The zero-order valence-corrected chi connectivity index (χ0v) is 6.37. The van der Waals surface area contributed by atoms with Crippen molar-refractivity contribution in [2.45, 2.75) is 13.3 Å². The third-order valence-electron chi connectivity index (χ3n) is 1.57. The Morgan fingerprint density at radius 1 is 1.36 bits per heavy atom. The summed E-state index contributed by atoms with van der Waals surface area (Å²) in [6.45, 7) is 1.90. The summed E-state index contributed by atoms with van der Waals surface area (Å²) >= 11 is 0. The highest BCUT2D eigenvalue weighted by Gasteiger charge is 1.98. The van der Waals surface area contributed by atoms with Gasteiger partial charge in [-0.2, -0.15) is 0 Å². The molecule has 1 N–H and O–H groups in total. The van der Waals surface area contributed by atoms with E-state index in [0.29, 0.717) is 12.0 Å². The zero-order chi connectivity index (χ0) is 8.27. The predicted octanol–water partition coefficient (Wildman–Crippen LogP) is 1.31. The maximum absolute atomic E-state index is 10.9. The summed E-state index contributed by atoms with van der Waals surface area (Å²) in [5, 5.41) is 9.25. The summed E-state index contributed by atoms with van der Waals surface area (Å²) in [6.07, 6.45) is 0.676. The molecule has 0 aliphatic heterocycles. The van der Waals surface area contributed by atoms with Crippen LogP contribution in [-0.4, -0.2) is 5.11 Å². The van der Waals surface area contributed by atoms with Crippen LogP contribution in [0.25, 0.3) is 0 Å². The average molecular weight is 150 g/mol. The van der Waals surface area contributed by atoms with E-state index < -0.39 is 0 Å². The molecule has 11 heavy (non-hydrogen) atoms. The van der Waals surface area contributed by atoms with Crippen molar-refractivity contribution >= 4 is 0 Å². The maximum atomic E-state index is 10.9. The SMILES string of the molecule is CCc1ccccc(=O)c1O. The molecule has 0 radical (unpaired) electrons. The predicted molar refractivity (Wildman–Crippen MR) is 43.8 cm³/mol. The monoisotopic (exact) mass is 150 g/mol. The molecule has 0 aromatic heterocycles. The Kier molecular flexibility index (Phi) is 2.26. The average Bonchev–Trinajstić information content (AvgIpc) is 2.16. The third kappa shape index (κ3) is 1.58. The minimum Gasteiger partial charge on any atom is -0.504 e. The molecule has 0 atom stereocenters. The first-order chi connectivity index (χ1) is 5.25. The van der Waals surface area contributed by atoms with Gasteiger partial charge in [-0.05, 0) is 18.1 Å². The molecule has 0 spiro atoms. The topological polar surface area (TPSA) is 37.3 Å². The number of hydrogen-bond acceptors (Lipinski definition) is 2. The van der Waals surface area contributed by atoms with Crippen molar-refractivity contribution in [3.05, 3.63) is 40.1 Å². The molecule has 2 nitrogen and oxygen atoms in total. The molecule has 0 heterocycles. The first-order valence-electron chi connectivity index (χ1n) is 3.57. The van der Waals surface area contributed by atoms with Gasteiger partial charge < -0.3 is 5.11 Å². The van der Waals surface area contributed by atoms with Gasteiger partial charge in [0.2, 0.25) is 5.43 Å². The van der Waals surface area contributed by atoms with E-state index in [9.17, 15) is 9.90 Å². The van der Waals surface area contributed by atoms with E-state index in [1.807, 2.05) is 6.92 Å². The van der Waals surface area contributed by atoms with Gasteiger partial charge in [0, 0.05) is 0 Å². The first-order valence-corrected chi connectivity index (χ1v) is 3.57. The smallest absolute Gasteiger partial charge is 0.220 e. The van der Waals surface area contributed by atoms with Crippen LogP contribution in [0.3, 0.4) is 0 Å². The molecule has 0 saturated heterocycles. The highest BCUT2D eigenvalue weighted by Crippen LogP contribution is 2.08. The van der Waals surface area contributed by atoms with Crippen LogP contribution in [0.15, 0.2) is 29.1 Å². The Labute approximate surface area is 65.1 Å². The number of aromatic hydroxyl groups is 1. The molecular weight excluding hydrogens is 140 g/mol. The molecule has 0 saturated carbocycles. The Bertz CT molecular complexity index is 305. The van der Waals surface area contributed by atoms with Crippen LogP contribution >= 0.6 is 0 Å². The fraction of sp³-hybridized carbons (Fsp3) is 0.222. The molecule has 58 valence electrons. The summed E-state index contributed by atoms with van der Waals surface area (Å²) < 4.78 is 0. The Morgan fingerprint density at radius 2 is 2.00 bits per heavy atom. The van der Waals surface area contributed by atoms with Crippen molar-refractivity contribution in [2.75, 3.05) is 0 Å². The van der Waals surface area contributed by atoms with E-state index in [1.54, 1.807) is 18.2 Å². The second-order valence-electron chi connectivity index (χ2n) is 2.31. The fourth-order valence-corrected chi connectivity index (χ4v) is 0.916. The van der Waals surface area contributed by atoms with Crippen molar-refractivity contribution in [3.8, 4) is 5.75 Å². The summed E-state index contributed by atoms with van der Waals surface area (Å²) in [7, 11) is 0. The first kappa shape index (κ1) is 7.79. The van der Waals surface area contributed by atoms with Crippen LogP contribution in [0, 0.1) is 0 Å². The molecule has 0 unspecified atom stereocenters. The lowest BCUT2D eigenvalue weighted by atomic mass is 10.2. The molecule has 1 aromatic rings. The lowest BCUT2D eigenvalue weighted by Crippen LogP contribution is -1.95. The van der Waals surface area contributed by atoms with E-state index in [2.05, 4.69) is 0 Å². The summed E-state index contributed by atoms with van der Waals surface area (Å²) in [6, 6.07) is 6.48. The zero-order valence-electron chi connectivity index (χ0n) is 6.37. The van der Waals surface area contributed by atoms with Crippen LogP contribution < -0.4 is 5.43 Å². The largest absolute Gasteiger partial charge is 0.504 e. The fourth-order valence-electron chi connectivity index (χ4n) is 0.916. The van der Waals surface area contributed by atoms with E-state index in [-0.39, 0.29) is 11.2 Å². The molecule has 2 heteroatoms. The van der Waals surface area contributed by atoms with E-state index >= 15 is 0 Å².